The van der Waals surface area contributed by atoms with Crippen LogP contribution in [0.5, 0.6) is 0 Å². The molecular weight excluding hydrogens is 432 g/mol. The number of benzene rings is 4. The third-order valence-corrected chi connectivity index (χ3v) is 9.14. The summed E-state index contributed by atoms with van der Waals surface area (Å²) in [4.78, 5) is 0. The summed E-state index contributed by atoms with van der Waals surface area (Å²) in [5, 5.41) is 0. The zero-order valence-electron chi connectivity index (χ0n) is 20.6. The molecule has 0 fully saturated rings. The van der Waals surface area contributed by atoms with Crippen molar-refractivity contribution in [2.75, 3.05) is 0 Å². The molecule has 2 unspecified atom stereocenters. The van der Waals surface area contributed by atoms with Gasteiger partial charge in [-0.2, -0.15) is 0 Å². The fourth-order valence-corrected chi connectivity index (χ4v) is 7.30. The highest BCUT2D eigenvalue weighted by molar-refractivity contribution is 5.68. The topological polar surface area (TPSA) is 0 Å². The smallest absolute Gasteiger partial charge is 0.00956 e. The number of fused-ring (bicyclic) bond motifs is 4. The van der Waals surface area contributed by atoms with Crippen LogP contribution in [0.4, 0.5) is 0 Å². The van der Waals surface area contributed by atoms with Gasteiger partial charge in [-0.3, -0.25) is 0 Å². The van der Waals surface area contributed by atoms with Crippen molar-refractivity contribution in [2.45, 2.75) is 50.4 Å². The van der Waals surface area contributed by atoms with Crippen molar-refractivity contribution in [3.8, 4) is 11.1 Å². The Labute approximate surface area is 214 Å². The van der Waals surface area contributed by atoms with Crippen LogP contribution in [0.2, 0.25) is 0 Å². The van der Waals surface area contributed by atoms with Gasteiger partial charge in [0.05, 0.1) is 0 Å². The van der Waals surface area contributed by atoms with E-state index in [2.05, 4.69) is 97.1 Å². The molecule has 0 N–H and O–H groups in total. The molecule has 36 heavy (non-hydrogen) atoms. The molecule has 0 nitrogen and oxygen atoms in total. The normalized spacial score (nSPS) is 20.4. The Bertz CT molecular complexity index is 1470. The molecule has 0 aliphatic heterocycles. The lowest BCUT2D eigenvalue weighted by Gasteiger charge is -2.17. The van der Waals surface area contributed by atoms with Crippen LogP contribution in [-0.2, 0) is 25.7 Å². The molecule has 4 aliphatic rings. The molecule has 8 rings (SSSR count). The maximum absolute atomic E-state index is 2.47. The first-order chi connectivity index (χ1) is 17.8. The minimum atomic E-state index is 0.513. The number of hydrogen-bond acceptors (Lipinski definition) is 0. The van der Waals surface area contributed by atoms with E-state index < -0.39 is 0 Å². The molecule has 0 saturated carbocycles. The fourth-order valence-electron chi connectivity index (χ4n) is 7.30. The molecule has 174 valence electrons. The number of rotatable bonds is 3. The third kappa shape index (κ3) is 3.21. The molecule has 4 aromatic rings. The highest BCUT2D eigenvalue weighted by atomic mass is 14.3. The average Bonchev–Trinajstić information content (AvgIpc) is 3.71. The van der Waals surface area contributed by atoms with Gasteiger partial charge in [0.25, 0.3) is 0 Å². The van der Waals surface area contributed by atoms with Crippen LogP contribution in [-0.4, -0.2) is 0 Å². The van der Waals surface area contributed by atoms with Crippen molar-refractivity contribution in [1.29, 1.82) is 0 Å². The minimum absolute atomic E-state index is 0.513. The first-order valence-electron chi connectivity index (χ1n) is 13.6. The number of hydrogen-bond donors (Lipinski definition) is 0. The van der Waals surface area contributed by atoms with Gasteiger partial charge in [-0.05, 0) is 105 Å². The van der Waals surface area contributed by atoms with Gasteiger partial charge in [-0.1, -0.05) is 97.1 Å². The van der Waals surface area contributed by atoms with Crippen LogP contribution in [0.25, 0.3) is 23.3 Å². The lowest BCUT2D eigenvalue weighted by Crippen LogP contribution is -1.99. The maximum atomic E-state index is 2.47. The third-order valence-electron chi connectivity index (χ3n) is 9.14. The zero-order valence-corrected chi connectivity index (χ0v) is 20.6. The predicted molar refractivity (Wildman–Crippen MR) is 151 cm³/mol. The van der Waals surface area contributed by atoms with E-state index in [0.717, 1.165) is 12.8 Å². The molecule has 0 saturated heterocycles. The highest BCUT2D eigenvalue weighted by Gasteiger charge is 2.27. The van der Waals surface area contributed by atoms with E-state index in [0.29, 0.717) is 11.8 Å². The van der Waals surface area contributed by atoms with Crippen molar-refractivity contribution in [2.24, 2.45) is 0 Å². The lowest BCUT2D eigenvalue weighted by molar-refractivity contribution is 0.787. The summed E-state index contributed by atoms with van der Waals surface area (Å²) in [6, 6.07) is 28.6. The van der Waals surface area contributed by atoms with Crippen LogP contribution in [0.15, 0.2) is 84.9 Å². The van der Waals surface area contributed by atoms with Crippen LogP contribution < -0.4 is 0 Å². The first-order valence-corrected chi connectivity index (χ1v) is 13.6. The summed E-state index contributed by atoms with van der Waals surface area (Å²) in [6.45, 7) is 0. The Kier molecular flexibility index (Phi) is 4.53. The first kappa shape index (κ1) is 20.5. The van der Waals surface area contributed by atoms with Gasteiger partial charge in [0.1, 0.15) is 0 Å². The minimum Gasteiger partial charge on any atom is -0.0795 e. The van der Waals surface area contributed by atoms with E-state index >= 15 is 0 Å². The molecule has 2 atom stereocenters. The summed E-state index contributed by atoms with van der Waals surface area (Å²) >= 11 is 0. The van der Waals surface area contributed by atoms with Gasteiger partial charge in [-0.25, -0.2) is 0 Å². The van der Waals surface area contributed by atoms with Gasteiger partial charge in [0.2, 0.25) is 0 Å². The van der Waals surface area contributed by atoms with Gasteiger partial charge in [0.15, 0.2) is 0 Å². The highest BCUT2D eigenvalue weighted by Crippen LogP contribution is 2.43. The molecule has 0 bridgehead atoms. The van der Waals surface area contributed by atoms with Crippen molar-refractivity contribution in [3.63, 3.8) is 0 Å². The molecule has 0 spiro atoms. The Morgan fingerprint density at radius 1 is 0.500 bits per heavy atom. The predicted octanol–water partition coefficient (Wildman–Crippen LogP) is 8.65. The Morgan fingerprint density at radius 2 is 1.00 bits per heavy atom. The average molecular weight is 463 g/mol. The SMILES string of the molecule is C1=Cc2cc3c(cc2C1)CCC3c1cccc(-c2cccc(C3CCc4cc5c(cc43)C=CC5)c2)c1. The van der Waals surface area contributed by atoms with Gasteiger partial charge < -0.3 is 0 Å². The maximum Gasteiger partial charge on any atom is 0.00956 e. The fraction of sp³-hybridized carbons (Fsp3) is 0.222. The van der Waals surface area contributed by atoms with Crippen LogP contribution in [0.3, 0.4) is 0 Å². The quantitative estimate of drug-likeness (QED) is 0.286. The second kappa shape index (κ2) is 7.93. The van der Waals surface area contributed by atoms with E-state index in [4.69, 9.17) is 0 Å². The molecule has 0 heterocycles. The summed E-state index contributed by atoms with van der Waals surface area (Å²) in [5.74, 6) is 1.03. The van der Waals surface area contributed by atoms with Crippen molar-refractivity contribution >= 4 is 12.2 Å². The number of aryl methyl sites for hydroxylation is 2. The molecule has 4 aliphatic carbocycles. The van der Waals surface area contributed by atoms with Gasteiger partial charge in [-0.15, -0.1) is 0 Å². The summed E-state index contributed by atoms with van der Waals surface area (Å²) in [5.41, 5.74) is 17.7. The molecular formula is C36H30. The summed E-state index contributed by atoms with van der Waals surface area (Å²) in [7, 11) is 0. The van der Waals surface area contributed by atoms with E-state index in [9.17, 15) is 0 Å². The lowest BCUT2D eigenvalue weighted by atomic mass is 9.87. The van der Waals surface area contributed by atoms with Crippen LogP contribution in [0.1, 0.15) is 80.3 Å². The van der Waals surface area contributed by atoms with E-state index in [1.165, 1.54) is 70.2 Å². The second-order valence-electron chi connectivity index (χ2n) is 11.1. The molecule has 4 aromatic carbocycles. The van der Waals surface area contributed by atoms with Gasteiger partial charge in [0, 0.05) is 11.8 Å². The van der Waals surface area contributed by atoms with Crippen molar-refractivity contribution < 1.29 is 0 Å². The second-order valence-corrected chi connectivity index (χ2v) is 11.1. The monoisotopic (exact) mass is 462 g/mol. The standard InChI is InChI=1S/C36H30/c1-5-25-19-31-13-15-33(35(31)21-27(25)9-1)29-11-3-7-23(17-29)24-8-4-12-30(18-24)34-16-14-32-20-26-6-2-10-28(26)22-36(32)34/h1-4,7-12,17-22,33-34H,5-6,13-16H2. The molecule has 0 aromatic heterocycles. The largest absolute Gasteiger partial charge is 0.0795 e. The Hall–Kier alpha value is -3.64. The van der Waals surface area contributed by atoms with E-state index in [-0.39, 0.29) is 0 Å². The van der Waals surface area contributed by atoms with Crippen LogP contribution >= 0.6 is 0 Å². The van der Waals surface area contributed by atoms with E-state index in [1.807, 2.05) is 0 Å². The van der Waals surface area contributed by atoms with Crippen LogP contribution in [0, 0.1) is 0 Å². The van der Waals surface area contributed by atoms with Crippen molar-refractivity contribution in [1.82, 2.24) is 0 Å². The van der Waals surface area contributed by atoms with Crippen molar-refractivity contribution in [3.05, 3.63) is 141 Å². The number of allylic oxidation sites excluding steroid dienone is 2. The summed E-state index contributed by atoms with van der Waals surface area (Å²) in [6.07, 6.45) is 16.3. The Balaban J connectivity index is 1.13. The Morgan fingerprint density at radius 3 is 1.50 bits per heavy atom. The van der Waals surface area contributed by atoms with Gasteiger partial charge >= 0.3 is 0 Å². The van der Waals surface area contributed by atoms with E-state index in [1.54, 1.807) is 22.3 Å². The molecule has 0 amide bonds. The molecule has 0 radical (unpaired) electrons. The molecule has 0 heteroatoms. The zero-order chi connectivity index (χ0) is 23.6. The summed E-state index contributed by atoms with van der Waals surface area (Å²) < 4.78 is 0.